The molecule has 0 saturated carbocycles. The van der Waals surface area contributed by atoms with Gasteiger partial charge in [-0.05, 0) is 12.0 Å². The zero-order valence-electron chi connectivity index (χ0n) is 5.02. The molecule has 1 nitrogen and oxygen atoms in total. The lowest BCUT2D eigenvalue weighted by Crippen LogP contribution is -2.03. The Morgan fingerprint density at radius 3 is 2.62 bits per heavy atom. The van der Waals surface area contributed by atoms with Crippen molar-refractivity contribution in [2.24, 2.45) is 0 Å². The second kappa shape index (κ2) is 3.29. The molecule has 0 aromatic rings. The van der Waals surface area contributed by atoms with Crippen molar-refractivity contribution in [1.82, 2.24) is 0 Å². The summed E-state index contributed by atoms with van der Waals surface area (Å²) in [5.74, 6) is 2.17. The van der Waals surface area contributed by atoms with E-state index in [1.807, 2.05) is 6.92 Å². The maximum atomic E-state index is 8.79. The van der Waals surface area contributed by atoms with Crippen LogP contribution in [0.3, 0.4) is 0 Å². The highest BCUT2D eigenvalue weighted by molar-refractivity contribution is 5.14. The molecule has 0 heterocycles. The van der Waals surface area contributed by atoms with Crippen molar-refractivity contribution < 1.29 is 5.11 Å². The summed E-state index contributed by atoms with van der Waals surface area (Å²) in [4.78, 5) is 0. The Kier molecular flexibility index (Phi) is 2.98. The largest absolute Gasteiger partial charge is 0.376 e. The summed E-state index contributed by atoms with van der Waals surface area (Å²) in [7, 11) is 0. The fraction of sp³-hybridized carbons (Fsp3) is 0.429. The molecular formula is C7H10O. The molecule has 0 saturated heterocycles. The predicted molar refractivity (Wildman–Crippen MR) is 34.3 cm³/mol. The maximum absolute atomic E-state index is 8.79. The minimum Gasteiger partial charge on any atom is -0.376 e. The monoisotopic (exact) mass is 110 g/mol. The topological polar surface area (TPSA) is 20.2 Å². The van der Waals surface area contributed by atoms with Gasteiger partial charge in [0.2, 0.25) is 0 Å². The molecule has 0 aromatic carbocycles. The molecule has 44 valence electrons. The van der Waals surface area contributed by atoms with Gasteiger partial charge in [-0.3, -0.25) is 0 Å². The summed E-state index contributed by atoms with van der Waals surface area (Å²) in [5.41, 5.74) is 0.701. The van der Waals surface area contributed by atoms with E-state index in [9.17, 15) is 0 Å². The molecule has 0 aliphatic heterocycles. The summed E-state index contributed by atoms with van der Waals surface area (Å²) in [6.45, 7) is 5.46. The smallest absolute Gasteiger partial charge is 0.135 e. The molecule has 8 heavy (non-hydrogen) atoms. The van der Waals surface area contributed by atoms with E-state index in [4.69, 9.17) is 11.5 Å². The quantitative estimate of drug-likeness (QED) is 0.414. The third-order valence-electron chi connectivity index (χ3n) is 0.999. The first-order chi connectivity index (χ1) is 3.72. The van der Waals surface area contributed by atoms with Crippen molar-refractivity contribution in [3.63, 3.8) is 0 Å². The lowest BCUT2D eigenvalue weighted by atomic mass is 10.1. The SMILES string of the molecule is C#CC(O)C(=C)CC. The molecule has 1 atom stereocenters. The van der Waals surface area contributed by atoms with E-state index in [0.29, 0.717) is 5.57 Å². The Hall–Kier alpha value is -0.740. The number of terminal acetylenes is 1. The molecule has 1 heteroatoms. The third-order valence-corrected chi connectivity index (χ3v) is 0.999. The predicted octanol–water partition coefficient (Wildman–Crippen LogP) is 0.947. The highest BCUT2D eigenvalue weighted by Crippen LogP contribution is 2.00. The average Bonchev–Trinajstić information content (AvgIpc) is 1.84. The van der Waals surface area contributed by atoms with Crippen LogP contribution in [-0.4, -0.2) is 11.2 Å². The molecule has 0 aliphatic carbocycles. The number of aliphatic hydroxyl groups is 1. The Morgan fingerprint density at radius 2 is 2.50 bits per heavy atom. The lowest BCUT2D eigenvalue weighted by molar-refractivity contribution is 0.265. The van der Waals surface area contributed by atoms with Crippen molar-refractivity contribution in [3.8, 4) is 12.3 Å². The van der Waals surface area contributed by atoms with E-state index in [2.05, 4.69) is 12.5 Å². The second-order valence-electron chi connectivity index (χ2n) is 1.58. The molecule has 0 fully saturated rings. The minimum absolute atomic E-state index is 0.701. The highest BCUT2D eigenvalue weighted by Gasteiger charge is 1.98. The summed E-state index contributed by atoms with van der Waals surface area (Å²) < 4.78 is 0. The Labute approximate surface area is 50.0 Å². The first kappa shape index (κ1) is 7.26. The van der Waals surface area contributed by atoms with E-state index >= 15 is 0 Å². The molecule has 0 aromatic heterocycles. The number of aliphatic hydroxyl groups excluding tert-OH is 1. The zero-order valence-corrected chi connectivity index (χ0v) is 5.02. The van der Waals surface area contributed by atoms with Gasteiger partial charge >= 0.3 is 0 Å². The molecule has 1 N–H and O–H groups in total. The Balaban J connectivity index is 3.68. The normalized spacial score (nSPS) is 12.1. The van der Waals surface area contributed by atoms with Crippen LogP contribution in [0.2, 0.25) is 0 Å². The standard InChI is InChI=1S/C7H10O/c1-4-6(3)7(8)5-2/h2,7-8H,3-4H2,1H3. The number of hydrogen-bond donors (Lipinski definition) is 1. The van der Waals surface area contributed by atoms with E-state index in [1.165, 1.54) is 0 Å². The highest BCUT2D eigenvalue weighted by atomic mass is 16.3. The van der Waals surface area contributed by atoms with Gasteiger partial charge in [-0.15, -0.1) is 6.42 Å². The minimum atomic E-state index is -0.750. The van der Waals surface area contributed by atoms with Crippen LogP contribution >= 0.6 is 0 Å². The first-order valence-corrected chi connectivity index (χ1v) is 2.54. The lowest BCUT2D eigenvalue weighted by Gasteiger charge is -2.01. The van der Waals surface area contributed by atoms with Gasteiger partial charge in [-0.1, -0.05) is 19.4 Å². The third kappa shape index (κ3) is 1.81. The number of hydrogen-bond acceptors (Lipinski definition) is 1. The van der Waals surface area contributed by atoms with Gasteiger partial charge in [0, 0.05) is 0 Å². The molecular weight excluding hydrogens is 100 g/mol. The van der Waals surface area contributed by atoms with Crippen LogP contribution in [0.25, 0.3) is 0 Å². The second-order valence-corrected chi connectivity index (χ2v) is 1.58. The maximum Gasteiger partial charge on any atom is 0.135 e. The van der Waals surface area contributed by atoms with Crippen LogP contribution in [0.15, 0.2) is 12.2 Å². The summed E-state index contributed by atoms with van der Waals surface area (Å²) in [6.07, 6.45) is 4.88. The molecule has 0 radical (unpaired) electrons. The molecule has 1 unspecified atom stereocenters. The van der Waals surface area contributed by atoms with Crippen LogP contribution in [0.1, 0.15) is 13.3 Å². The van der Waals surface area contributed by atoms with E-state index in [0.717, 1.165) is 6.42 Å². The number of rotatable bonds is 2. The molecule has 0 rings (SSSR count). The van der Waals surface area contributed by atoms with Gasteiger partial charge in [0.05, 0.1) is 0 Å². The van der Waals surface area contributed by atoms with Crippen LogP contribution in [-0.2, 0) is 0 Å². The van der Waals surface area contributed by atoms with Crippen molar-refractivity contribution in [3.05, 3.63) is 12.2 Å². The van der Waals surface area contributed by atoms with Gasteiger partial charge in [-0.2, -0.15) is 0 Å². The summed E-state index contributed by atoms with van der Waals surface area (Å²) >= 11 is 0. The van der Waals surface area contributed by atoms with E-state index < -0.39 is 6.10 Å². The van der Waals surface area contributed by atoms with Gasteiger partial charge in [0.25, 0.3) is 0 Å². The summed E-state index contributed by atoms with van der Waals surface area (Å²) in [5, 5.41) is 8.79. The summed E-state index contributed by atoms with van der Waals surface area (Å²) in [6, 6.07) is 0. The van der Waals surface area contributed by atoms with Crippen LogP contribution in [0.5, 0.6) is 0 Å². The van der Waals surface area contributed by atoms with Crippen LogP contribution < -0.4 is 0 Å². The van der Waals surface area contributed by atoms with Crippen LogP contribution in [0, 0.1) is 12.3 Å². The Morgan fingerprint density at radius 1 is 2.00 bits per heavy atom. The molecule has 0 bridgehead atoms. The van der Waals surface area contributed by atoms with Gasteiger partial charge in [0.1, 0.15) is 6.10 Å². The van der Waals surface area contributed by atoms with Crippen LogP contribution in [0.4, 0.5) is 0 Å². The zero-order chi connectivity index (χ0) is 6.57. The Bertz CT molecular complexity index is 119. The van der Waals surface area contributed by atoms with Gasteiger partial charge < -0.3 is 5.11 Å². The fourth-order valence-corrected chi connectivity index (χ4v) is 0.311. The van der Waals surface area contributed by atoms with E-state index in [-0.39, 0.29) is 0 Å². The fourth-order valence-electron chi connectivity index (χ4n) is 0.311. The van der Waals surface area contributed by atoms with E-state index in [1.54, 1.807) is 0 Å². The van der Waals surface area contributed by atoms with Crippen molar-refractivity contribution >= 4 is 0 Å². The van der Waals surface area contributed by atoms with Gasteiger partial charge in [0.15, 0.2) is 0 Å². The molecule has 0 aliphatic rings. The first-order valence-electron chi connectivity index (χ1n) is 2.54. The van der Waals surface area contributed by atoms with Gasteiger partial charge in [-0.25, -0.2) is 0 Å². The van der Waals surface area contributed by atoms with Crippen molar-refractivity contribution in [2.75, 3.05) is 0 Å². The van der Waals surface area contributed by atoms with Crippen molar-refractivity contribution in [1.29, 1.82) is 0 Å². The van der Waals surface area contributed by atoms with Crippen molar-refractivity contribution in [2.45, 2.75) is 19.4 Å². The molecule has 0 amide bonds. The average molecular weight is 110 g/mol. The molecule has 0 spiro atoms.